The molecule has 88 valence electrons. The minimum absolute atomic E-state index is 0.672. The van der Waals surface area contributed by atoms with Crippen LogP contribution in [0.1, 0.15) is 23.1 Å². The average Bonchev–Trinajstić information content (AvgIpc) is 2.60. The normalized spacial score (nSPS) is 21.6. The Balaban J connectivity index is 1.89. The minimum atomic E-state index is 0.672. The van der Waals surface area contributed by atoms with Crippen LogP contribution in [0.2, 0.25) is 0 Å². The molecule has 0 spiro atoms. The largest absolute Gasteiger partial charge is 0.309 e. The van der Waals surface area contributed by atoms with Crippen molar-refractivity contribution in [3.05, 3.63) is 34.9 Å². The molecule has 1 fully saturated rings. The van der Waals surface area contributed by atoms with E-state index in [1.807, 2.05) is 0 Å². The van der Waals surface area contributed by atoms with Crippen LogP contribution in [0.4, 0.5) is 0 Å². The maximum atomic E-state index is 3.64. The molecule has 0 amide bonds. The molecule has 1 aromatic rings. The molecule has 1 unspecified atom stereocenters. The predicted molar refractivity (Wildman–Crippen MR) is 68.7 cm³/mol. The molecule has 2 rings (SSSR count). The second kappa shape index (κ2) is 4.98. The van der Waals surface area contributed by atoms with Crippen LogP contribution >= 0.6 is 0 Å². The first kappa shape index (κ1) is 11.6. The lowest BCUT2D eigenvalue weighted by molar-refractivity contribution is 0.397. The fourth-order valence-corrected chi connectivity index (χ4v) is 2.53. The topological polar surface area (TPSA) is 15.3 Å². The van der Waals surface area contributed by atoms with Crippen molar-refractivity contribution >= 4 is 0 Å². The molecule has 2 nitrogen and oxygen atoms in total. The Labute approximate surface area is 98.7 Å². The van der Waals surface area contributed by atoms with Gasteiger partial charge in [-0.05, 0) is 39.4 Å². The van der Waals surface area contributed by atoms with Crippen LogP contribution in [0.3, 0.4) is 0 Å². The summed E-state index contributed by atoms with van der Waals surface area (Å²) in [7, 11) is 2.19. The molecule has 0 saturated carbocycles. The van der Waals surface area contributed by atoms with Gasteiger partial charge in [0.05, 0.1) is 0 Å². The summed E-state index contributed by atoms with van der Waals surface area (Å²) in [5.74, 6) is 0. The van der Waals surface area contributed by atoms with E-state index in [0.717, 1.165) is 6.54 Å². The second-order valence-corrected chi connectivity index (χ2v) is 5.12. The van der Waals surface area contributed by atoms with Crippen molar-refractivity contribution in [3.63, 3.8) is 0 Å². The van der Waals surface area contributed by atoms with E-state index in [2.05, 4.69) is 49.3 Å². The van der Waals surface area contributed by atoms with Gasteiger partial charge >= 0.3 is 0 Å². The van der Waals surface area contributed by atoms with Crippen molar-refractivity contribution in [2.24, 2.45) is 0 Å². The summed E-state index contributed by atoms with van der Waals surface area (Å²) < 4.78 is 0. The standard InChI is InChI=1S/C14H22N2/c1-11-6-12(2)8-13(7-11)9-15-14-4-5-16(3)10-14/h6-8,14-15H,4-5,9-10H2,1-3H3. The van der Waals surface area contributed by atoms with Gasteiger partial charge in [0.1, 0.15) is 0 Å². The molecule has 2 heteroatoms. The fourth-order valence-electron chi connectivity index (χ4n) is 2.53. The van der Waals surface area contributed by atoms with Crippen LogP contribution in [-0.2, 0) is 6.54 Å². The smallest absolute Gasteiger partial charge is 0.0210 e. The van der Waals surface area contributed by atoms with Crippen LogP contribution < -0.4 is 5.32 Å². The summed E-state index contributed by atoms with van der Waals surface area (Å²) in [5.41, 5.74) is 4.13. The van der Waals surface area contributed by atoms with E-state index in [1.165, 1.54) is 36.2 Å². The quantitative estimate of drug-likeness (QED) is 0.836. The van der Waals surface area contributed by atoms with E-state index < -0.39 is 0 Å². The van der Waals surface area contributed by atoms with E-state index in [1.54, 1.807) is 0 Å². The maximum absolute atomic E-state index is 3.64. The van der Waals surface area contributed by atoms with Crippen LogP contribution in [-0.4, -0.2) is 31.1 Å². The molecular formula is C14H22N2. The van der Waals surface area contributed by atoms with Gasteiger partial charge in [-0.1, -0.05) is 29.3 Å². The van der Waals surface area contributed by atoms with Gasteiger partial charge in [-0.2, -0.15) is 0 Å². The first-order chi connectivity index (χ1) is 7.63. The highest BCUT2D eigenvalue weighted by molar-refractivity contribution is 5.28. The number of benzene rings is 1. The van der Waals surface area contributed by atoms with Gasteiger partial charge < -0.3 is 10.2 Å². The monoisotopic (exact) mass is 218 g/mol. The van der Waals surface area contributed by atoms with E-state index in [-0.39, 0.29) is 0 Å². The number of rotatable bonds is 3. The lowest BCUT2D eigenvalue weighted by Crippen LogP contribution is -2.30. The molecule has 0 aromatic heterocycles. The molecule has 1 aromatic carbocycles. The highest BCUT2D eigenvalue weighted by Crippen LogP contribution is 2.11. The minimum Gasteiger partial charge on any atom is -0.309 e. The fraction of sp³-hybridized carbons (Fsp3) is 0.571. The van der Waals surface area contributed by atoms with Gasteiger partial charge in [0.25, 0.3) is 0 Å². The Morgan fingerprint density at radius 3 is 2.50 bits per heavy atom. The lowest BCUT2D eigenvalue weighted by atomic mass is 10.1. The number of aryl methyl sites for hydroxylation is 2. The molecule has 1 heterocycles. The van der Waals surface area contributed by atoms with E-state index in [0.29, 0.717) is 6.04 Å². The molecule has 0 aliphatic carbocycles. The zero-order valence-corrected chi connectivity index (χ0v) is 10.6. The predicted octanol–water partition coefficient (Wildman–Crippen LogP) is 2.10. The van der Waals surface area contributed by atoms with Crippen LogP contribution in [0.25, 0.3) is 0 Å². The molecule has 0 radical (unpaired) electrons. The van der Waals surface area contributed by atoms with Crippen molar-refractivity contribution < 1.29 is 0 Å². The summed E-state index contributed by atoms with van der Waals surface area (Å²) in [5, 5.41) is 3.64. The van der Waals surface area contributed by atoms with Gasteiger partial charge in [0, 0.05) is 19.1 Å². The second-order valence-electron chi connectivity index (χ2n) is 5.12. The molecule has 1 N–H and O–H groups in total. The molecule has 1 aliphatic rings. The Morgan fingerprint density at radius 1 is 1.25 bits per heavy atom. The third-order valence-corrected chi connectivity index (χ3v) is 3.27. The summed E-state index contributed by atoms with van der Waals surface area (Å²) in [6, 6.07) is 7.45. The molecule has 1 aliphatic heterocycles. The van der Waals surface area contributed by atoms with Crippen LogP contribution in [0.15, 0.2) is 18.2 Å². The first-order valence-corrected chi connectivity index (χ1v) is 6.12. The Bertz CT molecular complexity index is 340. The third kappa shape index (κ3) is 3.06. The number of likely N-dealkylation sites (N-methyl/N-ethyl adjacent to an activating group) is 1. The van der Waals surface area contributed by atoms with E-state index in [9.17, 15) is 0 Å². The lowest BCUT2D eigenvalue weighted by Gasteiger charge is -2.13. The van der Waals surface area contributed by atoms with Gasteiger partial charge in [-0.15, -0.1) is 0 Å². The number of hydrogen-bond donors (Lipinski definition) is 1. The van der Waals surface area contributed by atoms with Gasteiger partial charge in [-0.25, -0.2) is 0 Å². The summed E-state index contributed by atoms with van der Waals surface area (Å²) in [6.07, 6.45) is 1.28. The first-order valence-electron chi connectivity index (χ1n) is 6.12. The molecule has 1 atom stereocenters. The molecule has 0 bridgehead atoms. The third-order valence-electron chi connectivity index (χ3n) is 3.27. The van der Waals surface area contributed by atoms with Crippen molar-refractivity contribution in [2.75, 3.05) is 20.1 Å². The zero-order valence-electron chi connectivity index (χ0n) is 10.6. The number of likely N-dealkylation sites (tertiary alicyclic amines) is 1. The summed E-state index contributed by atoms with van der Waals surface area (Å²) >= 11 is 0. The highest BCUT2D eigenvalue weighted by Gasteiger charge is 2.18. The van der Waals surface area contributed by atoms with E-state index >= 15 is 0 Å². The van der Waals surface area contributed by atoms with Gasteiger partial charge in [0.2, 0.25) is 0 Å². The van der Waals surface area contributed by atoms with Crippen molar-refractivity contribution in [1.82, 2.24) is 10.2 Å². The molecule has 16 heavy (non-hydrogen) atoms. The SMILES string of the molecule is Cc1cc(C)cc(CNC2CCN(C)C2)c1. The Hall–Kier alpha value is -0.860. The number of hydrogen-bond acceptors (Lipinski definition) is 2. The Kier molecular flexibility index (Phi) is 3.62. The summed E-state index contributed by atoms with van der Waals surface area (Å²) in [4.78, 5) is 2.39. The van der Waals surface area contributed by atoms with Crippen LogP contribution in [0.5, 0.6) is 0 Å². The van der Waals surface area contributed by atoms with Gasteiger partial charge in [0.15, 0.2) is 0 Å². The Morgan fingerprint density at radius 2 is 1.94 bits per heavy atom. The van der Waals surface area contributed by atoms with Crippen LogP contribution in [0, 0.1) is 13.8 Å². The average molecular weight is 218 g/mol. The maximum Gasteiger partial charge on any atom is 0.0210 e. The molecule has 1 saturated heterocycles. The van der Waals surface area contributed by atoms with Crippen molar-refractivity contribution in [2.45, 2.75) is 32.9 Å². The number of nitrogens with one attached hydrogen (secondary N) is 1. The number of nitrogens with zero attached hydrogens (tertiary/aromatic N) is 1. The highest BCUT2D eigenvalue weighted by atomic mass is 15.2. The van der Waals surface area contributed by atoms with E-state index in [4.69, 9.17) is 0 Å². The molecular weight excluding hydrogens is 196 g/mol. The zero-order chi connectivity index (χ0) is 11.5. The summed E-state index contributed by atoms with van der Waals surface area (Å²) in [6.45, 7) is 7.75. The van der Waals surface area contributed by atoms with Crippen molar-refractivity contribution in [1.29, 1.82) is 0 Å². The van der Waals surface area contributed by atoms with Crippen molar-refractivity contribution in [3.8, 4) is 0 Å². The van der Waals surface area contributed by atoms with Gasteiger partial charge in [-0.3, -0.25) is 0 Å².